The lowest BCUT2D eigenvalue weighted by molar-refractivity contribution is -0.156. The minimum absolute atomic E-state index is 0.0118. The van der Waals surface area contributed by atoms with E-state index in [9.17, 15) is 14.4 Å². The van der Waals surface area contributed by atoms with Crippen molar-refractivity contribution in [2.45, 2.75) is 12.6 Å². The lowest BCUT2D eigenvalue weighted by Gasteiger charge is -2.35. The Morgan fingerprint density at radius 3 is 2.57 bits per heavy atom. The smallest absolute Gasteiger partial charge is 0.399 e. The minimum Gasteiger partial charge on any atom is -0.462 e. The van der Waals surface area contributed by atoms with E-state index < -0.39 is 23.6 Å². The largest absolute Gasteiger partial charge is 0.462 e. The van der Waals surface area contributed by atoms with Crippen molar-refractivity contribution >= 4 is 17.8 Å². The molecule has 0 aromatic heterocycles. The van der Waals surface area contributed by atoms with E-state index in [0.717, 1.165) is 4.90 Å². The first-order valence-corrected chi connectivity index (χ1v) is 7.06. The zero-order valence-electron chi connectivity index (χ0n) is 12.8. The van der Waals surface area contributed by atoms with Crippen LogP contribution in [-0.4, -0.2) is 35.9 Å². The summed E-state index contributed by atoms with van der Waals surface area (Å²) in [4.78, 5) is 37.4. The van der Waals surface area contributed by atoms with Crippen molar-refractivity contribution < 1.29 is 23.9 Å². The van der Waals surface area contributed by atoms with Gasteiger partial charge in [0.25, 0.3) is 0 Å². The van der Waals surface area contributed by atoms with Gasteiger partial charge in [-0.3, -0.25) is 9.69 Å². The van der Waals surface area contributed by atoms with Crippen LogP contribution in [0.1, 0.15) is 12.5 Å². The number of amides is 1. The first-order chi connectivity index (χ1) is 11.0. The molecule has 1 unspecified atom stereocenters. The van der Waals surface area contributed by atoms with E-state index in [1.807, 2.05) is 0 Å². The van der Waals surface area contributed by atoms with Crippen LogP contribution in [0.3, 0.4) is 0 Å². The molecule has 6 heteroatoms. The number of hydrogen-bond acceptors (Lipinski definition) is 5. The quantitative estimate of drug-likeness (QED) is 0.344. The Kier molecular flexibility index (Phi) is 4.64. The van der Waals surface area contributed by atoms with Gasteiger partial charge in [-0.1, -0.05) is 43.0 Å². The normalized spacial score (nSPS) is 20.1. The maximum atomic E-state index is 12.2. The third-order valence-corrected chi connectivity index (χ3v) is 3.45. The molecule has 0 radical (unpaired) electrons. The summed E-state index contributed by atoms with van der Waals surface area (Å²) in [5, 5.41) is 0. The highest BCUT2D eigenvalue weighted by Crippen LogP contribution is 2.41. The van der Waals surface area contributed by atoms with Gasteiger partial charge in [0.15, 0.2) is 0 Å². The molecule has 0 spiro atoms. The Labute approximate surface area is 134 Å². The van der Waals surface area contributed by atoms with Crippen molar-refractivity contribution in [3.63, 3.8) is 0 Å². The second-order valence-electron chi connectivity index (χ2n) is 4.80. The average molecular weight is 315 g/mol. The van der Waals surface area contributed by atoms with Crippen LogP contribution in [0.4, 0.5) is 0 Å². The topological polar surface area (TPSA) is 72.9 Å². The van der Waals surface area contributed by atoms with Crippen molar-refractivity contribution in [3.05, 3.63) is 60.7 Å². The van der Waals surface area contributed by atoms with Gasteiger partial charge in [-0.15, -0.1) is 6.58 Å². The monoisotopic (exact) mass is 315 g/mol. The Bertz CT molecular complexity index is 667. The van der Waals surface area contributed by atoms with Gasteiger partial charge in [0.2, 0.25) is 5.72 Å². The number of benzene rings is 1. The molecule has 0 aliphatic carbocycles. The highest BCUT2D eigenvalue weighted by Gasteiger charge is 2.57. The molecule has 1 aromatic rings. The van der Waals surface area contributed by atoms with E-state index >= 15 is 0 Å². The predicted octanol–water partition coefficient (Wildman–Crippen LogP) is 1.53. The molecular formula is C17H17NO5. The number of rotatable bonds is 6. The van der Waals surface area contributed by atoms with E-state index in [4.69, 9.17) is 9.47 Å². The number of carbonyl (C=O) groups is 3. The number of cyclic esters (lactones) is 1. The summed E-state index contributed by atoms with van der Waals surface area (Å²) in [7, 11) is 0. The third kappa shape index (κ3) is 2.63. The van der Waals surface area contributed by atoms with Gasteiger partial charge >= 0.3 is 17.8 Å². The summed E-state index contributed by atoms with van der Waals surface area (Å²) in [6.07, 6.45) is 1.44. The molecule has 0 N–H and O–H groups in total. The molecule has 120 valence electrons. The molecule has 1 saturated heterocycles. The predicted molar refractivity (Wildman–Crippen MR) is 81.9 cm³/mol. The van der Waals surface area contributed by atoms with Gasteiger partial charge in [-0.05, 0) is 6.92 Å². The van der Waals surface area contributed by atoms with Gasteiger partial charge in [-0.25, -0.2) is 9.59 Å². The highest BCUT2D eigenvalue weighted by atomic mass is 16.6. The molecular weight excluding hydrogens is 298 g/mol. The van der Waals surface area contributed by atoms with Gasteiger partial charge in [0.05, 0.1) is 12.2 Å². The average Bonchev–Trinajstić information content (AvgIpc) is 2.81. The number of hydrogen-bond donors (Lipinski definition) is 0. The van der Waals surface area contributed by atoms with E-state index in [1.165, 1.54) is 6.08 Å². The van der Waals surface area contributed by atoms with E-state index in [2.05, 4.69) is 13.2 Å². The molecule has 1 amide bonds. The van der Waals surface area contributed by atoms with Crippen LogP contribution in [-0.2, 0) is 29.6 Å². The Hall–Kier alpha value is -2.89. The van der Waals surface area contributed by atoms with E-state index in [0.29, 0.717) is 5.56 Å². The van der Waals surface area contributed by atoms with Gasteiger partial charge in [0, 0.05) is 12.1 Å². The van der Waals surface area contributed by atoms with Crippen molar-refractivity contribution in [2.75, 3.05) is 13.2 Å². The SMILES string of the molecule is C=CCN1C(=O)C(=O)OC1(C(=C)C(=O)OCC)c1ccccc1. The molecule has 1 heterocycles. The summed E-state index contributed by atoms with van der Waals surface area (Å²) < 4.78 is 10.3. The van der Waals surface area contributed by atoms with E-state index in [-0.39, 0.29) is 18.7 Å². The van der Waals surface area contributed by atoms with Crippen molar-refractivity contribution in [2.24, 2.45) is 0 Å². The Morgan fingerprint density at radius 2 is 2.00 bits per heavy atom. The number of esters is 2. The zero-order chi connectivity index (χ0) is 17.0. The number of ether oxygens (including phenoxy) is 2. The fourth-order valence-electron chi connectivity index (χ4n) is 2.46. The molecule has 0 bridgehead atoms. The first kappa shape index (κ1) is 16.5. The maximum absolute atomic E-state index is 12.2. The molecule has 1 aliphatic heterocycles. The van der Waals surface area contributed by atoms with Gasteiger partial charge < -0.3 is 9.47 Å². The fourth-order valence-corrected chi connectivity index (χ4v) is 2.46. The zero-order valence-corrected chi connectivity index (χ0v) is 12.8. The Morgan fingerprint density at radius 1 is 1.35 bits per heavy atom. The first-order valence-electron chi connectivity index (χ1n) is 7.06. The van der Waals surface area contributed by atoms with Crippen LogP contribution in [0, 0.1) is 0 Å². The number of carbonyl (C=O) groups excluding carboxylic acids is 3. The lowest BCUT2D eigenvalue weighted by Crippen LogP contribution is -2.47. The van der Waals surface area contributed by atoms with Crippen LogP contribution >= 0.6 is 0 Å². The van der Waals surface area contributed by atoms with Crippen molar-refractivity contribution in [1.82, 2.24) is 4.90 Å². The molecule has 23 heavy (non-hydrogen) atoms. The summed E-state index contributed by atoms with van der Waals surface area (Å²) >= 11 is 0. The van der Waals surface area contributed by atoms with Crippen LogP contribution in [0.15, 0.2) is 55.1 Å². The molecule has 1 aliphatic rings. The van der Waals surface area contributed by atoms with Gasteiger partial charge in [0.1, 0.15) is 0 Å². The third-order valence-electron chi connectivity index (χ3n) is 3.45. The molecule has 1 aromatic carbocycles. The van der Waals surface area contributed by atoms with Crippen molar-refractivity contribution in [1.29, 1.82) is 0 Å². The second-order valence-corrected chi connectivity index (χ2v) is 4.80. The summed E-state index contributed by atoms with van der Waals surface area (Å²) in [5.41, 5.74) is -1.44. The lowest BCUT2D eigenvalue weighted by atomic mass is 9.93. The number of nitrogens with zero attached hydrogens (tertiary/aromatic N) is 1. The summed E-state index contributed by atoms with van der Waals surface area (Å²) in [5.74, 6) is -2.66. The molecule has 0 saturated carbocycles. The van der Waals surface area contributed by atoms with Crippen molar-refractivity contribution in [3.8, 4) is 0 Å². The van der Waals surface area contributed by atoms with Crippen LogP contribution < -0.4 is 0 Å². The molecule has 2 rings (SSSR count). The minimum atomic E-state index is -1.73. The molecule has 1 fully saturated rings. The summed E-state index contributed by atoms with van der Waals surface area (Å²) in [6.45, 7) is 9.09. The highest BCUT2D eigenvalue weighted by molar-refractivity contribution is 6.34. The maximum Gasteiger partial charge on any atom is 0.399 e. The van der Waals surface area contributed by atoms with Crippen LogP contribution in [0.5, 0.6) is 0 Å². The molecule has 1 atom stereocenters. The van der Waals surface area contributed by atoms with Crippen LogP contribution in [0.2, 0.25) is 0 Å². The Balaban J connectivity index is 2.63. The standard InChI is InChI=1S/C17H17NO5/c1-4-11-18-14(19)16(21)23-17(18,12(3)15(20)22-5-2)13-9-7-6-8-10-13/h4,6-10H,1,3,5,11H2,2H3. The fraction of sp³-hybridized carbons (Fsp3) is 0.235. The second kappa shape index (κ2) is 6.48. The molecule has 6 nitrogen and oxygen atoms in total. The van der Waals surface area contributed by atoms with Gasteiger partial charge in [-0.2, -0.15) is 0 Å². The summed E-state index contributed by atoms with van der Waals surface area (Å²) in [6, 6.07) is 8.47. The van der Waals surface area contributed by atoms with E-state index in [1.54, 1.807) is 37.3 Å². The van der Waals surface area contributed by atoms with Crippen LogP contribution in [0.25, 0.3) is 0 Å².